The number of anilines is 1. The summed E-state index contributed by atoms with van der Waals surface area (Å²) >= 11 is 6.14. The quantitative estimate of drug-likeness (QED) is 0.893. The molecule has 2 atom stereocenters. The highest BCUT2D eigenvalue weighted by Crippen LogP contribution is 2.37. The normalized spacial score (nSPS) is 30.2. The molecule has 1 aliphatic rings. The molecule has 2 unspecified atom stereocenters. The minimum Gasteiger partial charge on any atom is -0.377 e. The highest BCUT2D eigenvalue weighted by molar-refractivity contribution is 6.33. The highest BCUT2D eigenvalue weighted by Gasteiger charge is 2.41. The van der Waals surface area contributed by atoms with Gasteiger partial charge in [-0.2, -0.15) is 0 Å². The van der Waals surface area contributed by atoms with Crippen molar-refractivity contribution in [2.24, 2.45) is 5.73 Å². The Labute approximate surface area is 124 Å². The van der Waals surface area contributed by atoms with E-state index in [4.69, 9.17) is 22.1 Å². The molecule has 1 aromatic rings. The summed E-state index contributed by atoms with van der Waals surface area (Å²) in [5.74, 6) is -0.311. The molecule has 0 aromatic heterocycles. The van der Waals surface area contributed by atoms with E-state index in [0.717, 1.165) is 19.3 Å². The number of nitrogens with one attached hydrogen (secondary N) is 1. The van der Waals surface area contributed by atoms with Gasteiger partial charge in [0.15, 0.2) is 0 Å². The van der Waals surface area contributed by atoms with Gasteiger partial charge >= 0.3 is 0 Å². The molecule has 3 N–H and O–H groups in total. The minimum atomic E-state index is -0.311. The van der Waals surface area contributed by atoms with Gasteiger partial charge in [-0.1, -0.05) is 18.5 Å². The average molecular weight is 301 g/mol. The molecule has 20 heavy (non-hydrogen) atoms. The van der Waals surface area contributed by atoms with Crippen LogP contribution in [-0.2, 0) is 4.74 Å². The Bertz CT molecular complexity index is 485. The lowest BCUT2D eigenvalue weighted by molar-refractivity contribution is -0.0882. The zero-order chi connectivity index (χ0) is 14.8. The Balaban J connectivity index is 2.25. The first kappa shape index (κ1) is 15.5. The SMILES string of the molecule is CCC1(C)CC(CN)(Nc2cc(F)ccc2Cl)CCO1. The van der Waals surface area contributed by atoms with Gasteiger partial charge in [-0.3, -0.25) is 0 Å². The lowest BCUT2D eigenvalue weighted by atomic mass is 9.79. The number of halogens is 2. The lowest BCUT2D eigenvalue weighted by Gasteiger charge is -2.46. The Morgan fingerprint density at radius 2 is 2.25 bits per heavy atom. The summed E-state index contributed by atoms with van der Waals surface area (Å²) in [6.45, 7) is 5.29. The fourth-order valence-electron chi connectivity index (χ4n) is 2.79. The first-order valence-corrected chi connectivity index (χ1v) is 7.37. The Hall–Kier alpha value is -0.840. The number of hydrogen-bond acceptors (Lipinski definition) is 3. The van der Waals surface area contributed by atoms with E-state index in [2.05, 4.69) is 19.2 Å². The molecule has 1 aromatic carbocycles. The van der Waals surface area contributed by atoms with Crippen LogP contribution in [-0.4, -0.2) is 24.3 Å². The number of nitrogens with two attached hydrogens (primary N) is 1. The van der Waals surface area contributed by atoms with Gasteiger partial charge < -0.3 is 15.8 Å². The summed E-state index contributed by atoms with van der Waals surface area (Å²) in [7, 11) is 0. The van der Waals surface area contributed by atoms with Crippen LogP contribution in [0.25, 0.3) is 0 Å². The monoisotopic (exact) mass is 300 g/mol. The number of hydrogen-bond donors (Lipinski definition) is 2. The Morgan fingerprint density at radius 3 is 2.90 bits per heavy atom. The fourth-order valence-corrected chi connectivity index (χ4v) is 2.95. The molecule has 0 aliphatic carbocycles. The van der Waals surface area contributed by atoms with Crippen molar-refractivity contribution in [2.45, 2.75) is 44.2 Å². The second-order valence-corrected chi connectivity index (χ2v) is 6.22. The van der Waals surface area contributed by atoms with Crippen LogP contribution >= 0.6 is 11.6 Å². The number of rotatable bonds is 4. The molecule has 0 saturated carbocycles. The van der Waals surface area contributed by atoms with E-state index in [1.807, 2.05) is 0 Å². The van der Waals surface area contributed by atoms with Crippen LogP contribution < -0.4 is 11.1 Å². The van der Waals surface area contributed by atoms with Crippen LogP contribution in [0, 0.1) is 5.82 Å². The van der Waals surface area contributed by atoms with Gasteiger partial charge in [0, 0.05) is 19.6 Å². The predicted molar refractivity (Wildman–Crippen MR) is 80.7 cm³/mol. The van der Waals surface area contributed by atoms with Gasteiger partial charge in [0.2, 0.25) is 0 Å². The molecule has 0 spiro atoms. The minimum absolute atomic E-state index is 0.204. The maximum Gasteiger partial charge on any atom is 0.125 e. The first-order valence-electron chi connectivity index (χ1n) is 6.99. The van der Waals surface area contributed by atoms with Crippen LogP contribution in [0.15, 0.2) is 18.2 Å². The smallest absolute Gasteiger partial charge is 0.125 e. The standard InChI is InChI=1S/C15H22ClFN2O/c1-3-14(2)9-15(10-18,6-7-20-14)19-13-8-11(17)4-5-12(13)16/h4-5,8,19H,3,6-7,9-10,18H2,1-2H3. The molecule has 112 valence electrons. The van der Waals surface area contributed by atoms with Crippen molar-refractivity contribution in [3.8, 4) is 0 Å². The molecule has 1 saturated heterocycles. The summed E-state index contributed by atoms with van der Waals surface area (Å²) < 4.78 is 19.3. The van der Waals surface area contributed by atoms with Crippen molar-refractivity contribution in [1.29, 1.82) is 0 Å². The van der Waals surface area contributed by atoms with Crippen molar-refractivity contribution >= 4 is 17.3 Å². The van der Waals surface area contributed by atoms with Crippen LogP contribution in [0.1, 0.15) is 33.1 Å². The van der Waals surface area contributed by atoms with Gasteiger partial charge in [0.05, 0.1) is 21.8 Å². The van der Waals surface area contributed by atoms with Gasteiger partial charge in [-0.05, 0) is 38.0 Å². The van der Waals surface area contributed by atoms with E-state index in [1.165, 1.54) is 12.1 Å². The van der Waals surface area contributed by atoms with E-state index < -0.39 is 0 Å². The molecular weight excluding hydrogens is 279 g/mol. The third-order valence-electron chi connectivity index (χ3n) is 4.21. The van der Waals surface area contributed by atoms with E-state index in [0.29, 0.717) is 23.9 Å². The van der Waals surface area contributed by atoms with E-state index >= 15 is 0 Å². The molecule has 1 heterocycles. The number of ether oxygens (including phenoxy) is 1. The van der Waals surface area contributed by atoms with Crippen LogP contribution in [0.3, 0.4) is 0 Å². The summed E-state index contributed by atoms with van der Waals surface area (Å²) in [5, 5.41) is 3.87. The number of benzene rings is 1. The van der Waals surface area contributed by atoms with Crippen LogP contribution in [0.4, 0.5) is 10.1 Å². The molecule has 0 radical (unpaired) electrons. The van der Waals surface area contributed by atoms with Crippen molar-refractivity contribution in [3.63, 3.8) is 0 Å². The molecule has 3 nitrogen and oxygen atoms in total. The van der Waals surface area contributed by atoms with Crippen molar-refractivity contribution in [2.75, 3.05) is 18.5 Å². The molecule has 2 rings (SSSR count). The van der Waals surface area contributed by atoms with Crippen molar-refractivity contribution in [3.05, 3.63) is 29.0 Å². The summed E-state index contributed by atoms with van der Waals surface area (Å²) in [5.41, 5.74) is 6.08. The Kier molecular flexibility index (Phi) is 4.57. The Morgan fingerprint density at radius 1 is 1.50 bits per heavy atom. The second-order valence-electron chi connectivity index (χ2n) is 5.81. The summed E-state index contributed by atoms with van der Waals surface area (Å²) in [4.78, 5) is 0. The topological polar surface area (TPSA) is 47.3 Å². The second kappa shape index (κ2) is 5.88. The summed E-state index contributed by atoms with van der Waals surface area (Å²) in [6.07, 6.45) is 2.47. The predicted octanol–water partition coefficient (Wildman–Crippen LogP) is 3.57. The lowest BCUT2D eigenvalue weighted by Crippen LogP contribution is -2.55. The summed E-state index contributed by atoms with van der Waals surface area (Å²) in [6, 6.07) is 4.32. The van der Waals surface area contributed by atoms with E-state index in [-0.39, 0.29) is 17.0 Å². The van der Waals surface area contributed by atoms with E-state index in [1.54, 1.807) is 6.07 Å². The molecule has 1 aliphatic heterocycles. The maximum atomic E-state index is 13.4. The fraction of sp³-hybridized carbons (Fsp3) is 0.600. The zero-order valence-corrected chi connectivity index (χ0v) is 12.8. The zero-order valence-electron chi connectivity index (χ0n) is 12.0. The maximum absolute atomic E-state index is 13.4. The van der Waals surface area contributed by atoms with Crippen molar-refractivity contribution < 1.29 is 9.13 Å². The third kappa shape index (κ3) is 3.25. The van der Waals surface area contributed by atoms with E-state index in [9.17, 15) is 4.39 Å². The average Bonchev–Trinajstić information content (AvgIpc) is 2.43. The van der Waals surface area contributed by atoms with Gasteiger partial charge in [-0.25, -0.2) is 4.39 Å². The molecular formula is C15H22ClFN2O. The molecule has 0 amide bonds. The molecule has 1 fully saturated rings. The third-order valence-corrected chi connectivity index (χ3v) is 4.54. The van der Waals surface area contributed by atoms with Crippen molar-refractivity contribution in [1.82, 2.24) is 0 Å². The first-order chi connectivity index (χ1) is 9.42. The van der Waals surface area contributed by atoms with Gasteiger partial charge in [0.25, 0.3) is 0 Å². The molecule has 0 bridgehead atoms. The largest absolute Gasteiger partial charge is 0.377 e. The molecule has 5 heteroatoms. The van der Waals surface area contributed by atoms with Gasteiger partial charge in [-0.15, -0.1) is 0 Å². The van der Waals surface area contributed by atoms with Gasteiger partial charge in [0.1, 0.15) is 5.82 Å². The van der Waals surface area contributed by atoms with Crippen LogP contribution in [0.5, 0.6) is 0 Å². The highest BCUT2D eigenvalue weighted by atomic mass is 35.5. The van der Waals surface area contributed by atoms with Crippen LogP contribution in [0.2, 0.25) is 5.02 Å².